The summed E-state index contributed by atoms with van der Waals surface area (Å²) in [5.41, 5.74) is 7.53. The number of primary amides is 1. The van der Waals surface area contributed by atoms with Gasteiger partial charge in [0, 0.05) is 24.7 Å². The molecular weight excluding hydrogens is 246 g/mol. The molecule has 0 spiro atoms. The molecule has 0 saturated carbocycles. The lowest BCUT2D eigenvalue weighted by molar-refractivity contribution is -0.127. The van der Waals surface area contributed by atoms with Crippen LogP contribution in [-0.4, -0.2) is 29.4 Å². The van der Waals surface area contributed by atoms with Gasteiger partial charge in [-0.05, 0) is 25.0 Å². The molecule has 1 saturated heterocycles. The van der Waals surface area contributed by atoms with Gasteiger partial charge in [-0.3, -0.25) is 15.0 Å². The van der Waals surface area contributed by atoms with Gasteiger partial charge in [0.15, 0.2) is 0 Å². The van der Waals surface area contributed by atoms with E-state index in [-0.39, 0.29) is 11.8 Å². The van der Waals surface area contributed by atoms with Gasteiger partial charge in [0.1, 0.15) is 11.9 Å². The quantitative estimate of drug-likeness (QED) is 0.365. The van der Waals surface area contributed by atoms with Crippen molar-refractivity contribution in [1.82, 2.24) is 10.4 Å². The number of carbonyl (C=O) groups is 2. The number of nitrogens with two attached hydrogens (primary N) is 2. The van der Waals surface area contributed by atoms with E-state index < -0.39 is 11.9 Å². The number of hydrogen-bond acceptors (Lipinski definition) is 5. The van der Waals surface area contributed by atoms with E-state index in [1.54, 1.807) is 23.2 Å². The zero-order chi connectivity index (χ0) is 13.8. The van der Waals surface area contributed by atoms with Crippen LogP contribution in [-0.2, 0) is 9.59 Å². The molecule has 0 aromatic carbocycles. The van der Waals surface area contributed by atoms with Crippen molar-refractivity contribution in [2.75, 3.05) is 11.4 Å². The number of amides is 2. The summed E-state index contributed by atoms with van der Waals surface area (Å²) in [5.74, 6) is 4.64. The SMILES string of the molecule is NNC(=O)C1CCN(c2[c]cccn2)C(C(N)=O)C1. The van der Waals surface area contributed by atoms with E-state index in [4.69, 9.17) is 11.6 Å². The topological polar surface area (TPSA) is 114 Å². The van der Waals surface area contributed by atoms with E-state index in [0.717, 1.165) is 0 Å². The molecule has 1 aromatic rings. The number of rotatable bonds is 3. The Hall–Kier alpha value is -2.15. The minimum Gasteiger partial charge on any atom is -0.368 e. The Balaban J connectivity index is 2.18. The van der Waals surface area contributed by atoms with Crippen LogP contribution in [0.5, 0.6) is 0 Å². The number of nitrogens with zero attached hydrogens (tertiary/aromatic N) is 2. The number of aromatic nitrogens is 1. The highest BCUT2D eigenvalue weighted by molar-refractivity contribution is 5.86. The first kappa shape index (κ1) is 13.3. The molecule has 2 rings (SSSR count). The second kappa shape index (κ2) is 5.66. The summed E-state index contributed by atoms with van der Waals surface area (Å²) in [6, 6.07) is 5.86. The molecule has 2 unspecified atom stereocenters. The molecule has 1 fully saturated rings. The first-order valence-corrected chi connectivity index (χ1v) is 6.02. The van der Waals surface area contributed by atoms with Crippen molar-refractivity contribution in [2.24, 2.45) is 17.5 Å². The highest BCUT2D eigenvalue weighted by Gasteiger charge is 2.35. The predicted octanol–water partition coefficient (Wildman–Crippen LogP) is -1.06. The lowest BCUT2D eigenvalue weighted by Crippen LogP contribution is -2.53. The van der Waals surface area contributed by atoms with Crippen LogP contribution in [0.2, 0.25) is 0 Å². The average molecular weight is 262 g/mol. The van der Waals surface area contributed by atoms with Crippen LogP contribution in [0.4, 0.5) is 5.82 Å². The summed E-state index contributed by atoms with van der Waals surface area (Å²) in [6.07, 6.45) is 2.56. The molecule has 0 bridgehead atoms. The molecule has 2 heterocycles. The fourth-order valence-electron chi connectivity index (χ4n) is 2.32. The maximum Gasteiger partial charge on any atom is 0.240 e. The lowest BCUT2D eigenvalue weighted by atomic mass is 9.90. The van der Waals surface area contributed by atoms with Crippen molar-refractivity contribution < 1.29 is 9.59 Å². The third-order valence-corrected chi connectivity index (χ3v) is 3.31. The molecule has 5 N–H and O–H groups in total. The van der Waals surface area contributed by atoms with Gasteiger partial charge in [-0.15, -0.1) is 0 Å². The summed E-state index contributed by atoms with van der Waals surface area (Å²) in [5, 5.41) is 0. The van der Waals surface area contributed by atoms with Crippen LogP contribution in [0.3, 0.4) is 0 Å². The molecule has 7 nitrogen and oxygen atoms in total. The Labute approximate surface area is 110 Å². The third kappa shape index (κ3) is 2.82. The molecule has 2 amide bonds. The molecule has 2 atom stereocenters. The maximum atomic E-state index is 11.6. The van der Waals surface area contributed by atoms with Crippen LogP contribution < -0.4 is 21.9 Å². The molecule has 1 radical (unpaired) electrons. The molecule has 0 aliphatic carbocycles. The Kier molecular flexibility index (Phi) is 3.96. The highest BCUT2D eigenvalue weighted by atomic mass is 16.2. The van der Waals surface area contributed by atoms with Crippen molar-refractivity contribution >= 4 is 17.6 Å². The summed E-state index contributed by atoms with van der Waals surface area (Å²) in [7, 11) is 0. The molecule has 1 aliphatic heterocycles. The second-order valence-electron chi connectivity index (χ2n) is 4.45. The maximum absolute atomic E-state index is 11.6. The highest BCUT2D eigenvalue weighted by Crippen LogP contribution is 2.26. The number of hydrazine groups is 1. The lowest BCUT2D eigenvalue weighted by Gasteiger charge is -2.37. The number of pyridine rings is 1. The summed E-state index contributed by atoms with van der Waals surface area (Å²) >= 11 is 0. The fourth-order valence-corrected chi connectivity index (χ4v) is 2.32. The Morgan fingerprint density at radius 2 is 2.32 bits per heavy atom. The number of carbonyl (C=O) groups excluding carboxylic acids is 2. The van der Waals surface area contributed by atoms with E-state index >= 15 is 0 Å². The standard InChI is InChI=1S/C12H16N5O2/c13-11(18)9-7-8(12(19)16-14)4-6-17(9)10-3-1-2-5-15-10/h1-2,5,8-9H,4,6-7,14H2,(H2,13,18)(H,16,19). The van der Waals surface area contributed by atoms with Crippen molar-refractivity contribution in [2.45, 2.75) is 18.9 Å². The van der Waals surface area contributed by atoms with Crippen LogP contribution >= 0.6 is 0 Å². The van der Waals surface area contributed by atoms with Gasteiger partial charge in [0.2, 0.25) is 11.8 Å². The first-order valence-electron chi connectivity index (χ1n) is 6.02. The van der Waals surface area contributed by atoms with E-state index in [1.165, 1.54) is 0 Å². The Bertz CT molecular complexity index is 464. The normalized spacial score (nSPS) is 22.9. The molecule has 19 heavy (non-hydrogen) atoms. The number of anilines is 1. The van der Waals surface area contributed by atoms with Crippen LogP contribution in [0.25, 0.3) is 0 Å². The average Bonchev–Trinajstić information content (AvgIpc) is 2.46. The molecule has 1 aliphatic rings. The van der Waals surface area contributed by atoms with E-state index in [9.17, 15) is 9.59 Å². The Morgan fingerprint density at radius 3 is 2.89 bits per heavy atom. The van der Waals surface area contributed by atoms with Gasteiger partial charge in [-0.25, -0.2) is 10.8 Å². The van der Waals surface area contributed by atoms with Gasteiger partial charge in [-0.2, -0.15) is 0 Å². The third-order valence-electron chi connectivity index (χ3n) is 3.31. The predicted molar refractivity (Wildman–Crippen MR) is 68.5 cm³/mol. The number of hydrogen-bond donors (Lipinski definition) is 3. The molecule has 101 valence electrons. The van der Waals surface area contributed by atoms with Gasteiger partial charge in [-0.1, -0.05) is 0 Å². The molecular formula is C12H16N5O2. The number of nitrogens with one attached hydrogen (secondary N) is 1. The van der Waals surface area contributed by atoms with Gasteiger partial charge in [0.05, 0.1) is 0 Å². The zero-order valence-electron chi connectivity index (χ0n) is 10.4. The zero-order valence-corrected chi connectivity index (χ0v) is 10.4. The summed E-state index contributed by atoms with van der Waals surface area (Å²) < 4.78 is 0. The molecule has 7 heteroatoms. The van der Waals surface area contributed by atoms with E-state index in [0.29, 0.717) is 25.2 Å². The van der Waals surface area contributed by atoms with Gasteiger partial charge >= 0.3 is 0 Å². The van der Waals surface area contributed by atoms with Gasteiger partial charge < -0.3 is 10.6 Å². The van der Waals surface area contributed by atoms with Gasteiger partial charge in [0.25, 0.3) is 0 Å². The van der Waals surface area contributed by atoms with E-state index in [1.807, 2.05) is 0 Å². The van der Waals surface area contributed by atoms with Crippen LogP contribution in [0.15, 0.2) is 18.3 Å². The van der Waals surface area contributed by atoms with Crippen LogP contribution in [0.1, 0.15) is 12.8 Å². The van der Waals surface area contributed by atoms with Crippen molar-refractivity contribution in [1.29, 1.82) is 0 Å². The van der Waals surface area contributed by atoms with Crippen molar-refractivity contribution in [3.8, 4) is 0 Å². The second-order valence-corrected chi connectivity index (χ2v) is 4.45. The minimum absolute atomic E-state index is 0.268. The van der Waals surface area contributed by atoms with Crippen molar-refractivity contribution in [3.05, 3.63) is 24.4 Å². The van der Waals surface area contributed by atoms with Crippen LogP contribution in [0, 0.1) is 12.0 Å². The van der Waals surface area contributed by atoms with Crippen molar-refractivity contribution in [3.63, 3.8) is 0 Å². The molecule has 1 aromatic heterocycles. The minimum atomic E-state index is -0.567. The monoisotopic (exact) mass is 262 g/mol. The Morgan fingerprint density at radius 1 is 1.53 bits per heavy atom. The largest absolute Gasteiger partial charge is 0.368 e. The summed E-state index contributed by atoms with van der Waals surface area (Å²) in [4.78, 5) is 29.1. The van der Waals surface area contributed by atoms with E-state index in [2.05, 4.69) is 16.5 Å². The first-order chi connectivity index (χ1) is 9.13. The summed E-state index contributed by atoms with van der Waals surface area (Å²) in [6.45, 7) is 0.513. The smallest absolute Gasteiger partial charge is 0.240 e. The fraction of sp³-hybridized carbons (Fsp3) is 0.417. The number of piperidine rings is 1.